The van der Waals surface area contributed by atoms with Crippen LogP contribution < -0.4 is 10.6 Å². The molecule has 0 saturated carbocycles. The lowest BCUT2D eigenvalue weighted by Gasteiger charge is -2.24. The van der Waals surface area contributed by atoms with Crippen molar-refractivity contribution >= 4 is 12.0 Å². The molecule has 26 heavy (non-hydrogen) atoms. The smallest absolute Gasteiger partial charge is 0.416 e. The fraction of sp³-hybridized carbons (Fsp3) is 0.556. The van der Waals surface area contributed by atoms with Crippen LogP contribution in [0.3, 0.4) is 0 Å². The van der Waals surface area contributed by atoms with E-state index in [4.69, 9.17) is 4.74 Å². The van der Waals surface area contributed by atoms with Gasteiger partial charge in [0, 0.05) is 13.0 Å². The number of carbonyl (C=O) groups excluding carboxylic acids is 2. The molecule has 0 heterocycles. The molecule has 2 amide bonds. The van der Waals surface area contributed by atoms with E-state index in [0.717, 1.165) is 12.1 Å². The topological polar surface area (TPSA) is 67.4 Å². The van der Waals surface area contributed by atoms with Gasteiger partial charge in [-0.2, -0.15) is 13.2 Å². The second-order valence-corrected chi connectivity index (χ2v) is 6.88. The van der Waals surface area contributed by atoms with Crippen LogP contribution in [-0.4, -0.2) is 24.1 Å². The second kappa shape index (κ2) is 8.91. The Morgan fingerprint density at radius 3 is 2.38 bits per heavy atom. The van der Waals surface area contributed by atoms with Gasteiger partial charge in [-0.25, -0.2) is 4.79 Å². The van der Waals surface area contributed by atoms with E-state index in [1.165, 1.54) is 12.1 Å². The summed E-state index contributed by atoms with van der Waals surface area (Å²) in [5, 5.41) is 5.14. The van der Waals surface area contributed by atoms with Gasteiger partial charge in [0.05, 0.1) is 11.6 Å². The lowest BCUT2D eigenvalue weighted by Crippen LogP contribution is -2.40. The standard InChI is InChI=1S/C18H25F3N2O3/c1-5-7-15(24)22-11-14(23-16(25)26-17(2,3)4)12-8-6-9-13(10-12)18(19,20)21/h6,8-10,14H,5,7,11H2,1-4H3,(H,22,24)(H,23,25). The Hall–Kier alpha value is -2.25. The molecule has 0 aromatic heterocycles. The molecule has 0 aliphatic carbocycles. The number of ether oxygens (including phenoxy) is 1. The number of benzene rings is 1. The zero-order valence-electron chi connectivity index (χ0n) is 15.4. The number of hydrogen-bond acceptors (Lipinski definition) is 3. The highest BCUT2D eigenvalue weighted by molar-refractivity contribution is 5.76. The molecule has 1 rings (SSSR count). The maximum atomic E-state index is 12.9. The molecule has 1 aromatic carbocycles. The molecule has 0 fully saturated rings. The fourth-order valence-electron chi connectivity index (χ4n) is 2.17. The number of rotatable bonds is 6. The number of alkyl halides is 3. The highest BCUT2D eigenvalue weighted by Gasteiger charge is 2.31. The minimum Gasteiger partial charge on any atom is -0.444 e. The summed E-state index contributed by atoms with van der Waals surface area (Å²) in [7, 11) is 0. The van der Waals surface area contributed by atoms with E-state index in [1.807, 2.05) is 6.92 Å². The first-order valence-corrected chi connectivity index (χ1v) is 8.35. The molecule has 1 unspecified atom stereocenters. The molecule has 0 bridgehead atoms. The first-order valence-electron chi connectivity index (χ1n) is 8.35. The lowest BCUT2D eigenvalue weighted by molar-refractivity contribution is -0.137. The van der Waals surface area contributed by atoms with E-state index in [1.54, 1.807) is 20.8 Å². The van der Waals surface area contributed by atoms with Gasteiger partial charge in [-0.3, -0.25) is 4.79 Å². The van der Waals surface area contributed by atoms with Crippen LogP contribution in [0.5, 0.6) is 0 Å². The van der Waals surface area contributed by atoms with Gasteiger partial charge in [-0.1, -0.05) is 19.1 Å². The van der Waals surface area contributed by atoms with E-state index in [9.17, 15) is 22.8 Å². The van der Waals surface area contributed by atoms with Crippen molar-refractivity contribution in [3.8, 4) is 0 Å². The summed E-state index contributed by atoms with van der Waals surface area (Å²) in [6, 6.07) is 3.77. The zero-order chi connectivity index (χ0) is 20.0. The van der Waals surface area contributed by atoms with Crippen LogP contribution in [0.15, 0.2) is 24.3 Å². The summed E-state index contributed by atoms with van der Waals surface area (Å²) in [5.41, 5.74) is -1.36. The molecule has 5 nitrogen and oxygen atoms in total. The molecular formula is C18H25F3N2O3. The third-order valence-electron chi connectivity index (χ3n) is 3.29. The summed E-state index contributed by atoms with van der Waals surface area (Å²) in [5.74, 6) is -0.240. The van der Waals surface area contributed by atoms with Crippen molar-refractivity contribution in [2.45, 2.75) is 58.4 Å². The van der Waals surface area contributed by atoms with Gasteiger partial charge in [-0.05, 0) is 44.9 Å². The Balaban J connectivity index is 2.99. The fourth-order valence-corrected chi connectivity index (χ4v) is 2.17. The molecule has 0 aliphatic rings. The minimum atomic E-state index is -4.50. The lowest BCUT2D eigenvalue weighted by atomic mass is 10.0. The number of amides is 2. The van der Waals surface area contributed by atoms with Crippen LogP contribution in [0.2, 0.25) is 0 Å². The average Bonchev–Trinajstić information content (AvgIpc) is 2.49. The van der Waals surface area contributed by atoms with Gasteiger partial charge in [0.25, 0.3) is 0 Å². The quantitative estimate of drug-likeness (QED) is 0.785. The Morgan fingerprint density at radius 2 is 1.85 bits per heavy atom. The first-order chi connectivity index (χ1) is 11.9. The van der Waals surface area contributed by atoms with Crippen LogP contribution in [0, 0.1) is 0 Å². The third-order valence-corrected chi connectivity index (χ3v) is 3.29. The van der Waals surface area contributed by atoms with Gasteiger partial charge >= 0.3 is 12.3 Å². The maximum absolute atomic E-state index is 12.9. The highest BCUT2D eigenvalue weighted by Crippen LogP contribution is 2.30. The molecule has 0 radical (unpaired) electrons. The molecule has 0 spiro atoms. The summed E-state index contributed by atoms with van der Waals surface area (Å²) in [6.07, 6.45) is -4.34. The van der Waals surface area contributed by atoms with Gasteiger partial charge in [-0.15, -0.1) is 0 Å². The Bertz CT molecular complexity index is 625. The van der Waals surface area contributed by atoms with Crippen molar-refractivity contribution in [3.05, 3.63) is 35.4 Å². The van der Waals surface area contributed by atoms with Crippen molar-refractivity contribution in [1.29, 1.82) is 0 Å². The number of nitrogens with one attached hydrogen (secondary N) is 2. The average molecular weight is 374 g/mol. The molecule has 8 heteroatoms. The van der Waals surface area contributed by atoms with Crippen LogP contribution >= 0.6 is 0 Å². The molecule has 1 aromatic rings. The van der Waals surface area contributed by atoms with Crippen LogP contribution in [0.4, 0.5) is 18.0 Å². The van der Waals surface area contributed by atoms with E-state index in [-0.39, 0.29) is 18.0 Å². The number of carbonyl (C=O) groups is 2. The molecule has 0 saturated heterocycles. The molecule has 146 valence electrons. The highest BCUT2D eigenvalue weighted by atomic mass is 19.4. The van der Waals surface area contributed by atoms with Crippen LogP contribution in [0.1, 0.15) is 57.7 Å². The summed E-state index contributed by atoms with van der Waals surface area (Å²) in [4.78, 5) is 23.7. The van der Waals surface area contributed by atoms with Gasteiger partial charge < -0.3 is 15.4 Å². The maximum Gasteiger partial charge on any atom is 0.416 e. The van der Waals surface area contributed by atoms with E-state index in [2.05, 4.69) is 10.6 Å². The Labute approximate surface area is 151 Å². The van der Waals surface area contributed by atoms with Gasteiger partial charge in [0.2, 0.25) is 5.91 Å². The monoisotopic (exact) mass is 374 g/mol. The number of alkyl carbamates (subject to hydrolysis) is 1. The SMILES string of the molecule is CCCC(=O)NCC(NC(=O)OC(C)(C)C)c1cccc(C(F)(F)F)c1. The van der Waals surface area contributed by atoms with E-state index < -0.39 is 29.5 Å². The predicted molar refractivity (Wildman–Crippen MR) is 91.5 cm³/mol. The third kappa shape index (κ3) is 7.76. The molecule has 0 aliphatic heterocycles. The van der Waals surface area contributed by atoms with Crippen LogP contribution in [0.25, 0.3) is 0 Å². The summed E-state index contributed by atoms with van der Waals surface area (Å²) in [6.45, 7) is 6.82. The van der Waals surface area contributed by atoms with Gasteiger partial charge in [0.1, 0.15) is 5.60 Å². The number of halogens is 3. The molecular weight excluding hydrogens is 349 g/mol. The predicted octanol–water partition coefficient (Wildman–Crippen LogP) is 4.19. The van der Waals surface area contributed by atoms with Gasteiger partial charge in [0.15, 0.2) is 0 Å². The Morgan fingerprint density at radius 1 is 1.19 bits per heavy atom. The largest absolute Gasteiger partial charge is 0.444 e. The summed E-state index contributed by atoms with van der Waals surface area (Å²) >= 11 is 0. The van der Waals surface area contributed by atoms with Crippen LogP contribution in [-0.2, 0) is 15.7 Å². The van der Waals surface area contributed by atoms with Crippen molar-refractivity contribution in [2.75, 3.05) is 6.54 Å². The second-order valence-electron chi connectivity index (χ2n) is 6.88. The molecule has 2 N–H and O–H groups in total. The van der Waals surface area contributed by atoms with Crippen molar-refractivity contribution in [3.63, 3.8) is 0 Å². The zero-order valence-corrected chi connectivity index (χ0v) is 15.4. The van der Waals surface area contributed by atoms with E-state index >= 15 is 0 Å². The normalized spacial score (nSPS) is 13.0. The summed E-state index contributed by atoms with van der Waals surface area (Å²) < 4.78 is 44.0. The number of hydrogen-bond donors (Lipinski definition) is 2. The van der Waals surface area contributed by atoms with E-state index in [0.29, 0.717) is 12.8 Å². The minimum absolute atomic E-state index is 0.0423. The molecule has 1 atom stereocenters. The van der Waals surface area contributed by atoms with Crippen molar-refractivity contribution < 1.29 is 27.5 Å². The Kier molecular flexibility index (Phi) is 7.47. The van der Waals surface area contributed by atoms with Crippen molar-refractivity contribution in [1.82, 2.24) is 10.6 Å². The van der Waals surface area contributed by atoms with Crippen molar-refractivity contribution in [2.24, 2.45) is 0 Å². The first kappa shape index (κ1) is 21.8.